The van der Waals surface area contributed by atoms with E-state index in [1.165, 1.54) is 41.3 Å². The molecular weight excluding hydrogens is 475 g/mol. The van der Waals surface area contributed by atoms with Gasteiger partial charge in [0.25, 0.3) is 5.91 Å². The van der Waals surface area contributed by atoms with Crippen LogP contribution in [0.3, 0.4) is 0 Å². The number of aliphatic hydroxyl groups is 1. The van der Waals surface area contributed by atoms with Crippen LogP contribution in [-0.2, 0) is 5.79 Å². The molecule has 2 aliphatic heterocycles. The zero-order chi connectivity index (χ0) is 23.3. The number of β-amino-alcohol motifs (C(OH)–C–C–N with tert-alkyl or cyclic N) is 1. The minimum absolute atomic E-state index is 0.0563. The number of ether oxygens (including phenoxy) is 2. The van der Waals surface area contributed by atoms with Gasteiger partial charge in [-0.1, -0.05) is 23.2 Å². The van der Waals surface area contributed by atoms with Crippen molar-refractivity contribution in [3.05, 3.63) is 93.0 Å². The number of halogens is 4. The van der Waals surface area contributed by atoms with Crippen molar-refractivity contribution in [2.45, 2.75) is 18.3 Å². The first-order valence-electron chi connectivity index (χ1n) is 10.2. The largest absolute Gasteiger partial charge is 0.440 e. The molecule has 2 atom stereocenters. The zero-order valence-electron chi connectivity index (χ0n) is 17.0. The summed E-state index contributed by atoms with van der Waals surface area (Å²) in [5.41, 5.74) is 0.566. The molecule has 0 saturated carbocycles. The predicted octanol–water partition coefficient (Wildman–Crippen LogP) is 5.15. The molecule has 1 saturated heterocycles. The Balaban J connectivity index is 1.60. The third-order valence-electron chi connectivity index (χ3n) is 5.73. The number of carbonyl (C=O) groups excluding carboxylic acids is 1. The number of benzene rings is 3. The summed E-state index contributed by atoms with van der Waals surface area (Å²) in [6.45, 7) is 0.459. The van der Waals surface area contributed by atoms with Gasteiger partial charge in [0.1, 0.15) is 11.6 Å². The Morgan fingerprint density at radius 3 is 2.36 bits per heavy atom. The van der Waals surface area contributed by atoms with Crippen LogP contribution in [0.25, 0.3) is 0 Å². The molecule has 3 aromatic rings. The van der Waals surface area contributed by atoms with Gasteiger partial charge in [0.05, 0.1) is 22.3 Å². The summed E-state index contributed by atoms with van der Waals surface area (Å²) in [6.07, 6.45) is -0.204. The lowest BCUT2D eigenvalue weighted by Crippen LogP contribution is -2.37. The number of fused-ring (bicyclic) bond motifs is 1. The molecule has 33 heavy (non-hydrogen) atoms. The average molecular weight is 492 g/mol. The molecule has 0 spiro atoms. The maximum Gasteiger partial charge on any atom is 0.307 e. The van der Waals surface area contributed by atoms with Crippen LogP contribution in [0.5, 0.6) is 11.5 Å². The quantitative estimate of drug-likeness (QED) is 0.550. The second-order valence-corrected chi connectivity index (χ2v) is 8.77. The molecule has 0 aliphatic carbocycles. The van der Waals surface area contributed by atoms with Gasteiger partial charge in [-0.3, -0.25) is 4.79 Å². The van der Waals surface area contributed by atoms with Crippen molar-refractivity contribution in [3.63, 3.8) is 0 Å². The minimum Gasteiger partial charge on any atom is -0.440 e. The first kappa shape index (κ1) is 21.9. The maximum absolute atomic E-state index is 14.9. The van der Waals surface area contributed by atoms with Gasteiger partial charge in [-0.05, 0) is 55.0 Å². The molecule has 1 fully saturated rings. The van der Waals surface area contributed by atoms with E-state index >= 15 is 0 Å². The smallest absolute Gasteiger partial charge is 0.307 e. The van der Waals surface area contributed by atoms with Crippen molar-refractivity contribution in [2.75, 3.05) is 13.1 Å². The van der Waals surface area contributed by atoms with Crippen LogP contribution in [0, 0.1) is 11.6 Å². The van der Waals surface area contributed by atoms with Gasteiger partial charge in [0, 0.05) is 29.7 Å². The van der Waals surface area contributed by atoms with Crippen LogP contribution in [0.2, 0.25) is 10.0 Å². The van der Waals surface area contributed by atoms with E-state index in [4.69, 9.17) is 32.7 Å². The highest BCUT2D eigenvalue weighted by molar-refractivity contribution is 6.35. The van der Waals surface area contributed by atoms with Gasteiger partial charge in [0.2, 0.25) is 0 Å². The van der Waals surface area contributed by atoms with Gasteiger partial charge in [-0.2, -0.15) is 0 Å². The lowest BCUT2D eigenvalue weighted by Gasteiger charge is -2.29. The third-order valence-corrected chi connectivity index (χ3v) is 6.28. The fourth-order valence-electron chi connectivity index (χ4n) is 4.09. The van der Waals surface area contributed by atoms with E-state index in [1.807, 2.05) is 0 Å². The molecule has 1 unspecified atom stereocenters. The van der Waals surface area contributed by atoms with E-state index in [0.717, 1.165) is 6.07 Å². The Morgan fingerprint density at radius 1 is 1.03 bits per heavy atom. The standard InChI is InChI=1S/C24H17Cl2F2NO4/c25-14-3-6-18(19(26)9-14)24(13-1-4-15(27)5-2-13)32-21-10-17(20(28)11-22(21)33-24)23(31)29-8-7-16(30)12-29/h1-6,9-11,16,30H,7-8,12H2/t16-,24?/m1/s1. The monoisotopic (exact) mass is 491 g/mol. The lowest BCUT2D eigenvalue weighted by molar-refractivity contribution is -0.0459. The van der Waals surface area contributed by atoms with Gasteiger partial charge in [-0.25, -0.2) is 8.78 Å². The highest BCUT2D eigenvalue weighted by atomic mass is 35.5. The van der Waals surface area contributed by atoms with Crippen LogP contribution in [0.4, 0.5) is 8.78 Å². The number of rotatable bonds is 3. The van der Waals surface area contributed by atoms with Crippen LogP contribution in [-0.4, -0.2) is 35.1 Å². The Labute approximate surface area is 198 Å². The van der Waals surface area contributed by atoms with Gasteiger partial charge >= 0.3 is 5.79 Å². The number of aliphatic hydroxyl groups excluding tert-OH is 1. The molecule has 0 bridgehead atoms. The Kier molecular flexibility index (Phi) is 5.43. The Hall–Kier alpha value is -2.87. The van der Waals surface area contributed by atoms with E-state index in [-0.39, 0.29) is 28.6 Å². The average Bonchev–Trinajstić information content (AvgIpc) is 3.37. The van der Waals surface area contributed by atoms with Crippen molar-refractivity contribution in [3.8, 4) is 11.5 Å². The van der Waals surface area contributed by atoms with Crippen LogP contribution < -0.4 is 9.47 Å². The predicted molar refractivity (Wildman–Crippen MR) is 118 cm³/mol. The summed E-state index contributed by atoms with van der Waals surface area (Å²) < 4.78 is 40.9. The maximum atomic E-state index is 14.9. The number of nitrogens with zero attached hydrogens (tertiary/aromatic N) is 1. The van der Waals surface area contributed by atoms with Gasteiger partial charge in [0.15, 0.2) is 11.5 Å². The molecular formula is C24H17Cl2F2NO4. The normalized spacial score (nSPS) is 21.5. The summed E-state index contributed by atoms with van der Waals surface area (Å²) in [4.78, 5) is 14.2. The molecule has 9 heteroatoms. The number of hydrogen-bond acceptors (Lipinski definition) is 4. The molecule has 5 nitrogen and oxygen atoms in total. The summed E-state index contributed by atoms with van der Waals surface area (Å²) in [5, 5.41) is 10.3. The number of carbonyl (C=O) groups is 1. The molecule has 170 valence electrons. The summed E-state index contributed by atoms with van der Waals surface area (Å²) in [6, 6.07) is 12.5. The molecule has 3 aromatic carbocycles. The fraction of sp³-hybridized carbons (Fsp3) is 0.208. The second-order valence-electron chi connectivity index (χ2n) is 7.92. The van der Waals surface area contributed by atoms with Crippen LogP contribution >= 0.6 is 23.2 Å². The highest BCUT2D eigenvalue weighted by Crippen LogP contribution is 2.50. The summed E-state index contributed by atoms with van der Waals surface area (Å²) >= 11 is 12.5. The number of likely N-dealkylation sites (tertiary alicyclic amines) is 1. The van der Waals surface area contributed by atoms with Crippen LogP contribution in [0.15, 0.2) is 54.6 Å². The van der Waals surface area contributed by atoms with Crippen molar-refractivity contribution in [1.82, 2.24) is 4.90 Å². The zero-order valence-corrected chi connectivity index (χ0v) is 18.5. The topological polar surface area (TPSA) is 59.0 Å². The molecule has 0 radical (unpaired) electrons. The lowest BCUT2D eigenvalue weighted by atomic mass is 9.97. The summed E-state index contributed by atoms with van der Waals surface area (Å²) in [5.74, 6) is -3.29. The van der Waals surface area contributed by atoms with Crippen molar-refractivity contribution >= 4 is 29.1 Å². The van der Waals surface area contributed by atoms with E-state index < -0.39 is 29.4 Å². The fourth-order valence-corrected chi connectivity index (χ4v) is 4.63. The molecule has 0 aromatic heterocycles. The molecule has 2 heterocycles. The van der Waals surface area contributed by atoms with Gasteiger partial charge in [-0.15, -0.1) is 0 Å². The molecule has 5 rings (SSSR count). The van der Waals surface area contributed by atoms with E-state index in [2.05, 4.69) is 0 Å². The van der Waals surface area contributed by atoms with Gasteiger partial charge < -0.3 is 19.5 Å². The molecule has 1 N–H and O–H groups in total. The SMILES string of the molecule is O=C(c1cc2c(cc1F)OC(c1ccc(F)cc1)(c1ccc(Cl)cc1Cl)O2)N1CC[C@@H](O)C1. The third kappa shape index (κ3) is 3.80. The summed E-state index contributed by atoms with van der Waals surface area (Å²) in [7, 11) is 0. The van der Waals surface area contributed by atoms with E-state index in [1.54, 1.807) is 12.1 Å². The Bertz CT molecular complexity index is 1250. The van der Waals surface area contributed by atoms with E-state index in [9.17, 15) is 18.7 Å². The van der Waals surface area contributed by atoms with E-state index in [0.29, 0.717) is 29.1 Å². The Morgan fingerprint density at radius 2 is 1.73 bits per heavy atom. The first-order chi connectivity index (χ1) is 15.8. The number of hydrogen-bond donors (Lipinski definition) is 1. The molecule has 1 amide bonds. The highest BCUT2D eigenvalue weighted by Gasteiger charge is 2.47. The van der Waals surface area contributed by atoms with Crippen LogP contribution in [0.1, 0.15) is 27.9 Å². The number of amides is 1. The minimum atomic E-state index is -1.66. The second kappa shape index (κ2) is 8.17. The van der Waals surface area contributed by atoms with Crippen molar-refractivity contribution in [1.29, 1.82) is 0 Å². The van der Waals surface area contributed by atoms with Crippen molar-refractivity contribution < 1.29 is 28.2 Å². The van der Waals surface area contributed by atoms with Crippen molar-refractivity contribution in [2.24, 2.45) is 0 Å². The molecule has 2 aliphatic rings. The first-order valence-corrected chi connectivity index (χ1v) is 10.9.